The average molecular weight is 236 g/mol. The standard InChI is InChI=1S/C13H16O2S/c1-2-3-6-9-16-13-11-8-5-4-7-10(11)12(14)15-13/h4-5,7-8,13H,2-3,6,9H2,1H3. The third-order valence-electron chi connectivity index (χ3n) is 2.67. The first kappa shape index (κ1) is 11.5. The summed E-state index contributed by atoms with van der Waals surface area (Å²) < 4.78 is 5.34. The van der Waals surface area contributed by atoms with E-state index in [9.17, 15) is 4.79 Å². The number of cyclic esters (lactones) is 1. The second-order valence-electron chi connectivity index (χ2n) is 3.90. The van der Waals surface area contributed by atoms with Crippen molar-refractivity contribution >= 4 is 17.7 Å². The predicted octanol–water partition coefficient (Wildman–Crippen LogP) is 3.78. The van der Waals surface area contributed by atoms with E-state index in [0.29, 0.717) is 0 Å². The van der Waals surface area contributed by atoms with Crippen LogP contribution in [0.25, 0.3) is 0 Å². The Labute approximate surface area is 100 Å². The smallest absolute Gasteiger partial charge is 0.340 e. The van der Waals surface area contributed by atoms with Crippen molar-refractivity contribution in [3.63, 3.8) is 0 Å². The Bertz CT molecular complexity index is 376. The summed E-state index contributed by atoms with van der Waals surface area (Å²) in [5, 5.41) is 0. The molecule has 1 atom stereocenters. The maximum atomic E-state index is 11.5. The summed E-state index contributed by atoms with van der Waals surface area (Å²) in [4.78, 5) is 11.5. The molecule has 1 aliphatic rings. The Hall–Kier alpha value is -0.960. The van der Waals surface area contributed by atoms with Gasteiger partial charge in [-0.3, -0.25) is 0 Å². The molecule has 3 heteroatoms. The summed E-state index contributed by atoms with van der Waals surface area (Å²) in [6.45, 7) is 2.19. The van der Waals surface area contributed by atoms with Crippen LogP contribution in [0, 0.1) is 0 Å². The Morgan fingerprint density at radius 1 is 1.31 bits per heavy atom. The van der Waals surface area contributed by atoms with Crippen molar-refractivity contribution in [2.24, 2.45) is 0 Å². The normalized spacial score (nSPS) is 18.3. The van der Waals surface area contributed by atoms with Gasteiger partial charge < -0.3 is 4.74 Å². The molecule has 1 aliphatic heterocycles. The van der Waals surface area contributed by atoms with Gasteiger partial charge in [-0.2, -0.15) is 0 Å². The minimum Gasteiger partial charge on any atom is -0.443 e. The lowest BCUT2D eigenvalue weighted by molar-refractivity contribution is 0.0522. The molecule has 0 N–H and O–H groups in total. The third kappa shape index (κ3) is 2.40. The molecule has 86 valence electrons. The largest absolute Gasteiger partial charge is 0.443 e. The summed E-state index contributed by atoms with van der Waals surface area (Å²) >= 11 is 1.73. The summed E-state index contributed by atoms with van der Waals surface area (Å²) in [5.74, 6) is 0.878. The summed E-state index contributed by atoms with van der Waals surface area (Å²) in [5.41, 5.74) is 1.69. The molecule has 0 aliphatic carbocycles. The average Bonchev–Trinajstić information content (AvgIpc) is 2.63. The Kier molecular flexibility index (Phi) is 3.88. The van der Waals surface area contributed by atoms with Crippen LogP contribution in [0.5, 0.6) is 0 Å². The maximum absolute atomic E-state index is 11.5. The van der Waals surface area contributed by atoms with Crippen molar-refractivity contribution in [3.8, 4) is 0 Å². The number of fused-ring (bicyclic) bond motifs is 1. The minimum atomic E-state index is -0.177. The van der Waals surface area contributed by atoms with Gasteiger partial charge in [-0.15, -0.1) is 11.8 Å². The zero-order valence-corrected chi connectivity index (χ0v) is 10.3. The fourth-order valence-corrected chi connectivity index (χ4v) is 2.90. The summed E-state index contributed by atoms with van der Waals surface area (Å²) in [6.07, 6.45) is 3.66. The van der Waals surface area contributed by atoms with E-state index < -0.39 is 0 Å². The lowest BCUT2D eigenvalue weighted by Gasteiger charge is -2.09. The molecule has 0 aromatic heterocycles. The molecule has 0 saturated carbocycles. The highest BCUT2D eigenvalue weighted by Crippen LogP contribution is 2.38. The molecule has 0 saturated heterocycles. The number of hydrogen-bond acceptors (Lipinski definition) is 3. The molecular weight excluding hydrogens is 220 g/mol. The second kappa shape index (κ2) is 5.39. The fourth-order valence-electron chi connectivity index (χ4n) is 1.78. The molecule has 0 spiro atoms. The molecule has 0 bridgehead atoms. The van der Waals surface area contributed by atoms with Gasteiger partial charge in [-0.05, 0) is 18.2 Å². The fraction of sp³-hybridized carbons (Fsp3) is 0.462. The van der Waals surface area contributed by atoms with E-state index in [1.54, 1.807) is 11.8 Å². The first-order chi connectivity index (χ1) is 7.83. The number of thioether (sulfide) groups is 1. The highest BCUT2D eigenvalue weighted by atomic mass is 32.2. The monoisotopic (exact) mass is 236 g/mol. The molecule has 2 nitrogen and oxygen atoms in total. The first-order valence-electron chi connectivity index (χ1n) is 5.74. The third-order valence-corrected chi connectivity index (χ3v) is 3.84. The number of carbonyl (C=O) groups excluding carboxylic acids is 1. The number of ether oxygens (including phenoxy) is 1. The Morgan fingerprint density at radius 3 is 2.94 bits per heavy atom. The molecule has 2 rings (SSSR count). The zero-order chi connectivity index (χ0) is 11.4. The number of benzene rings is 1. The molecule has 1 aromatic carbocycles. The van der Waals surface area contributed by atoms with Crippen LogP contribution < -0.4 is 0 Å². The summed E-state index contributed by atoms with van der Waals surface area (Å²) in [7, 11) is 0. The van der Waals surface area contributed by atoms with E-state index in [1.807, 2.05) is 24.3 Å². The first-order valence-corrected chi connectivity index (χ1v) is 6.79. The molecule has 1 heterocycles. The van der Waals surface area contributed by atoms with Crippen LogP contribution >= 0.6 is 11.8 Å². The molecular formula is C13H16O2S. The Morgan fingerprint density at radius 2 is 2.12 bits per heavy atom. The van der Waals surface area contributed by atoms with Crippen LogP contribution in [0.15, 0.2) is 24.3 Å². The van der Waals surface area contributed by atoms with Crippen molar-refractivity contribution in [1.82, 2.24) is 0 Å². The van der Waals surface area contributed by atoms with Gasteiger partial charge >= 0.3 is 5.97 Å². The number of carbonyl (C=O) groups is 1. The van der Waals surface area contributed by atoms with Gasteiger partial charge in [0.15, 0.2) is 5.44 Å². The highest BCUT2D eigenvalue weighted by Gasteiger charge is 2.30. The van der Waals surface area contributed by atoms with Gasteiger partial charge in [0, 0.05) is 5.56 Å². The van der Waals surface area contributed by atoms with Gasteiger partial charge in [0.05, 0.1) is 5.56 Å². The molecule has 1 aromatic rings. The second-order valence-corrected chi connectivity index (χ2v) is 5.07. The van der Waals surface area contributed by atoms with E-state index in [0.717, 1.165) is 16.9 Å². The van der Waals surface area contributed by atoms with E-state index >= 15 is 0 Å². The van der Waals surface area contributed by atoms with Crippen LogP contribution in [0.3, 0.4) is 0 Å². The zero-order valence-electron chi connectivity index (χ0n) is 9.44. The van der Waals surface area contributed by atoms with Crippen molar-refractivity contribution in [1.29, 1.82) is 0 Å². The summed E-state index contributed by atoms with van der Waals surface area (Å²) in [6, 6.07) is 7.66. The van der Waals surface area contributed by atoms with Crippen LogP contribution in [0.4, 0.5) is 0 Å². The highest BCUT2D eigenvalue weighted by molar-refractivity contribution is 7.99. The number of unbranched alkanes of at least 4 members (excludes halogenated alkanes) is 2. The van der Waals surface area contributed by atoms with Gasteiger partial charge in [0.1, 0.15) is 0 Å². The van der Waals surface area contributed by atoms with Crippen molar-refractivity contribution in [2.75, 3.05) is 5.75 Å². The van der Waals surface area contributed by atoms with Crippen LogP contribution in [-0.2, 0) is 4.74 Å². The van der Waals surface area contributed by atoms with Crippen molar-refractivity contribution in [2.45, 2.75) is 31.6 Å². The molecule has 16 heavy (non-hydrogen) atoms. The SMILES string of the molecule is CCCCCSC1OC(=O)c2ccccc21. The van der Waals surface area contributed by atoms with Gasteiger partial charge in [-0.25, -0.2) is 4.79 Å². The predicted molar refractivity (Wildman–Crippen MR) is 66.6 cm³/mol. The lowest BCUT2D eigenvalue weighted by Crippen LogP contribution is -1.95. The number of esters is 1. The van der Waals surface area contributed by atoms with E-state index in [4.69, 9.17) is 4.74 Å². The van der Waals surface area contributed by atoms with Crippen LogP contribution in [0.2, 0.25) is 0 Å². The minimum absolute atomic E-state index is 0.0828. The molecule has 1 unspecified atom stereocenters. The van der Waals surface area contributed by atoms with Crippen molar-refractivity contribution in [3.05, 3.63) is 35.4 Å². The van der Waals surface area contributed by atoms with Crippen molar-refractivity contribution < 1.29 is 9.53 Å². The van der Waals surface area contributed by atoms with E-state index in [-0.39, 0.29) is 11.4 Å². The molecule has 0 radical (unpaired) electrons. The molecule has 0 fully saturated rings. The number of rotatable bonds is 5. The van der Waals surface area contributed by atoms with Gasteiger partial charge in [-0.1, -0.05) is 38.0 Å². The number of hydrogen-bond donors (Lipinski definition) is 0. The topological polar surface area (TPSA) is 26.3 Å². The van der Waals surface area contributed by atoms with Crippen LogP contribution in [0.1, 0.15) is 47.5 Å². The van der Waals surface area contributed by atoms with E-state index in [1.165, 1.54) is 19.3 Å². The maximum Gasteiger partial charge on any atom is 0.340 e. The van der Waals surface area contributed by atoms with Crippen LogP contribution in [-0.4, -0.2) is 11.7 Å². The Balaban J connectivity index is 1.96. The quantitative estimate of drug-likeness (QED) is 0.575. The van der Waals surface area contributed by atoms with E-state index in [2.05, 4.69) is 6.92 Å². The van der Waals surface area contributed by atoms with Gasteiger partial charge in [0.2, 0.25) is 0 Å². The lowest BCUT2D eigenvalue weighted by atomic mass is 10.1. The molecule has 0 amide bonds. The van der Waals surface area contributed by atoms with Gasteiger partial charge in [0.25, 0.3) is 0 Å².